The molecule has 5 heteroatoms. The molecule has 0 radical (unpaired) electrons. The molecule has 2 unspecified atom stereocenters. The number of rotatable bonds is 2. The third kappa shape index (κ3) is 2.99. The summed E-state index contributed by atoms with van der Waals surface area (Å²) in [6.45, 7) is 5.92. The van der Waals surface area contributed by atoms with Crippen molar-refractivity contribution in [3.05, 3.63) is 29.8 Å². The van der Waals surface area contributed by atoms with Crippen LogP contribution >= 0.6 is 0 Å². The average Bonchev–Trinajstić information content (AvgIpc) is 2.92. The van der Waals surface area contributed by atoms with Crippen molar-refractivity contribution >= 4 is 17.5 Å². The Kier molecular flexibility index (Phi) is 4.16. The van der Waals surface area contributed by atoms with E-state index in [0.717, 1.165) is 18.7 Å². The Bertz CT molecular complexity index is 577. The lowest BCUT2D eigenvalue weighted by Gasteiger charge is -2.35. The fraction of sp³-hybridized carbons (Fsp3) is 0.529. The first-order valence-corrected chi connectivity index (χ1v) is 7.90. The highest BCUT2D eigenvalue weighted by molar-refractivity contribution is 5.99. The summed E-state index contributed by atoms with van der Waals surface area (Å²) in [6.07, 6.45) is 1.58. The van der Waals surface area contributed by atoms with Gasteiger partial charge in [0.25, 0.3) is 5.91 Å². The van der Waals surface area contributed by atoms with Crippen molar-refractivity contribution in [3.63, 3.8) is 0 Å². The lowest BCUT2D eigenvalue weighted by atomic mass is 10.1. The zero-order valence-corrected chi connectivity index (χ0v) is 13.1. The van der Waals surface area contributed by atoms with Gasteiger partial charge >= 0.3 is 0 Å². The van der Waals surface area contributed by atoms with Crippen LogP contribution in [0.2, 0.25) is 0 Å². The maximum Gasteiger partial charge on any atom is 0.254 e. The van der Waals surface area contributed by atoms with Gasteiger partial charge < -0.3 is 14.5 Å². The van der Waals surface area contributed by atoms with Gasteiger partial charge in [0.2, 0.25) is 5.91 Å². The number of carbonyl (C=O) groups is 2. The molecule has 2 atom stereocenters. The Labute approximate surface area is 130 Å². The quantitative estimate of drug-likeness (QED) is 0.840. The van der Waals surface area contributed by atoms with Crippen LogP contribution in [0.15, 0.2) is 24.3 Å². The molecule has 2 heterocycles. The van der Waals surface area contributed by atoms with E-state index in [1.165, 1.54) is 0 Å². The molecule has 3 rings (SSSR count). The lowest BCUT2D eigenvalue weighted by molar-refractivity contribution is -0.117. The van der Waals surface area contributed by atoms with Crippen molar-refractivity contribution in [1.82, 2.24) is 4.90 Å². The highest BCUT2D eigenvalue weighted by atomic mass is 16.5. The van der Waals surface area contributed by atoms with E-state index in [-0.39, 0.29) is 24.0 Å². The topological polar surface area (TPSA) is 49.9 Å². The van der Waals surface area contributed by atoms with Crippen molar-refractivity contribution in [2.24, 2.45) is 0 Å². The molecular formula is C17H22N2O3. The number of nitrogens with zero attached hydrogens (tertiary/aromatic N) is 2. The molecule has 0 N–H and O–H groups in total. The molecule has 2 fully saturated rings. The van der Waals surface area contributed by atoms with Crippen molar-refractivity contribution in [2.75, 3.05) is 24.5 Å². The molecule has 2 aliphatic rings. The van der Waals surface area contributed by atoms with Crippen LogP contribution in [-0.4, -0.2) is 48.6 Å². The summed E-state index contributed by atoms with van der Waals surface area (Å²) < 4.78 is 5.67. The molecule has 2 amide bonds. The average molecular weight is 302 g/mol. The molecule has 5 nitrogen and oxygen atoms in total. The van der Waals surface area contributed by atoms with Gasteiger partial charge in [0.1, 0.15) is 0 Å². The van der Waals surface area contributed by atoms with Gasteiger partial charge in [-0.05, 0) is 38.5 Å². The second-order valence-corrected chi connectivity index (χ2v) is 6.17. The first-order valence-electron chi connectivity index (χ1n) is 7.90. The Morgan fingerprint density at radius 3 is 2.59 bits per heavy atom. The van der Waals surface area contributed by atoms with E-state index in [1.807, 2.05) is 43.0 Å². The van der Waals surface area contributed by atoms with Crippen LogP contribution in [0.5, 0.6) is 0 Å². The lowest BCUT2D eigenvalue weighted by Crippen LogP contribution is -2.48. The third-order valence-corrected chi connectivity index (χ3v) is 4.19. The van der Waals surface area contributed by atoms with Crippen molar-refractivity contribution < 1.29 is 14.3 Å². The molecule has 1 aromatic carbocycles. The second-order valence-electron chi connectivity index (χ2n) is 6.17. The van der Waals surface area contributed by atoms with Crippen LogP contribution in [0.4, 0.5) is 5.69 Å². The van der Waals surface area contributed by atoms with Crippen LogP contribution in [0.25, 0.3) is 0 Å². The summed E-state index contributed by atoms with van der Waals surface area (Å²) in [5.74, 6) is 0.147. The van der Waals surface area contributed by atoms with Gasteiger partial charge in [0.15, 0.2) is 0 Å². The Hall–Kier alpha value is -1.88. The highest BCUT2D eigenvalue weighted by Crippen LogP contribution is 2.23. The van der Waals surface area contributed by atoms with E-state index in [2.05, 4.69) is 0 Å². The largest absolute Gasteiger partial charge is 0.372 e. The summed E-state index contributed by atoms with van der Waals surface area (Å²) in [4.78, 5) is 28.2. The van der Waals surface area contributed by atoms with Crippen LogP contribution in [0.1, 0.15) is 37.0 Å². The predicted molar refractivity (Wildman–Crippen MR) is 83.9 cm³/mol. The Morgan fingerprint density at radius 1 is 1.23 bits per heavy atom. The summed E-state index contributed by atoms with van der Waals surface area (Å²) in [5.41, 5.74) is 1.46. The maximum absolute atomic E-state index is 12.7. The predicted octanol–water partition coefficient (Wildman–Crippen LogP) is 2.06. The van der Waals surface area contributed by atoms with E-state index in [9.17, 15) is 9.59 Å². The van der Waals surface area contributed by atoms with E-state index < -0.39 is 0 Å². The van der Waals surface area contributed by atoms with Gasteiger partial charge in [-0.1, -0.05) is 6.07 Å². The number of hydrogen-bond donors (Lipinski definition) is 0. The monoisotopic (exact) mass is 302 g/mol. The summed E-state index contributed by atoms with van der Waals surface area (Å²) in [5, 5.41) is 0. The van der Waals surface area contributed by atoms with Crippen molar-refractivity contribution in [1.29, 1.82) is 0 Å². The normalized spacial score (nSPS) is 25.6. The molecule has 0 spiro atoms. The molecule has 0 aliphatic carbocycles. The second kappa shape index (κ2) is 6.08. The van der Waals surface area contributed by atoms with Gasteiger partial charge in [-0.2, -0.15) is 0 Å². The zero-order valence-electron chi connectivity index (χ0n) is 13.1. The molecular weight excluding hydrogens is 280 g/mol. The standard InChI is InChI=1S/C17H22N2O3/c1-12-10-18(11-13(2)22-12)17(21)14-5-3-6-15(9-14)19-8-4-7-16(19)20/h3,5-6,9,12-13H,4,7-8,10-11H2,1-2H3. The van der Waals surface area contributed by atoms with Crippen molar-refractivity contribution in [2.45, 2.75) is 38.9 Å². The molecule has 2 saturated heterocycles. The minimum absolute atomic E-state index is 0.00972. The molecule has 2 aliphatic heterocycles. The zero-order chi connectivity index (χ0) is 15.7. The van der Waals surface area contributed by atoms with Gasteiger partial charge in [-0.25, -0.2) is 0 Å². The fourth-order valence-corrected chi connectivity index (χ4v) is 3.25. The molecule has 0 saturated carbocycles. The maximum atomic E-state index is 12.7. The molecule has 0 aromatic heterocycles. The molecule has 118 valence electrons. The summed E-state index contributed by atoms with van der Waals surface area (Å²) in [7, 11) is 0. The van der Waals surface area contributed by atoms with Crippen LogP contribution in [-0.2, 0) is 9.53 Å². The fourth-order valence-electron chi connectivity index (χ4n) is 3.25. The number of amides is 2. The van der Waals surface area contributed by atoms with E-state index in [0.29, 0.717) is 25.1 Å². The summed E-state index contributed by atoms with van der Waals surface area (Å²) in [6, 6.07) is 7.39. The van der Waals surface area contributed by atoms with Crippen LogP contribution < -0.4 is 4.90 Å². The first kappa shape index (κ1) is 15.0. The van der Waals surface area contributed by atoms with Gasteiger partial charge in [-0.15, -0.1) is 0 Å². The van der Waals surface area contributed by atoms with Gasteiger partial charge in [0, 0.05) is 37.3 Å². The third-order valence-electron chi connectivity index (χ3n) is 4.19. The van der Waals surface area contributed by atoms with E-state index in [4.69, 9.17) is 4.74 Å². The first-order chi connectivity index (χ1) is 10.5. The molecule has 0 bridgehead atoms. The number of ether oxygens (including phenoxy) is 1. The Balaban J connectivity index is 1.79. The smallest absolute Gasteiger partial charge is 0.254 e. The van der Waals surface area contributed by atoms with Gasteiger partial charge in [0.05, 0.1) is 12.2 Å². The number of anilines is 1. The number of benzene rings is 1. The Morgan fingerprint density at radius 2 is 1.95 bits per heavy atom. The SMILES string of the molecule is CC1CN(C(=O)c2cccc(N3CCCC3=O)c2)CC(C)O1. The number of carbonyl (C=O) groups excluding carboxylic acids is 2. The number of morpholine rings is 1. The van der Waals surface area contributed by atoms with Crippen LogP contribution in [0.3, 0.4) is 0 Å². The van der Waals surface area contributed by atoms with Crippen LogP contribution in [0, 0.1) is 0 Å². The molecule has 1 aromatic rings. The summed E-state index contributed by atoms with van der Waals surface area (Å²) >= 11 is 0. The minimum atomic E-state index is 0.00972. The van der Waals surface area contributed by atoms with E-state index in [1.54, 1.807) is 4.90 Å². The minimum Gasteiger partial charge on any atom is -0.372 e. The van der Waals surface area contributed by atoms with Gasteiger partial charge in [-0.3, -0.25) is 9.59 Å². The molecule has 22 heavy (non-hydrogen) atoms. The van der Waals surface area contributed by atoms with Crippen molar-refractivity contribution in [3.8, 4) is 0 Å². The number of hydrogen-bond acceptors (Lipinski definition) is 3. The van der Waals surface area contributed by atoms with E-state index >= 15 is 0 Å². The highest BCUT2D eigenvalue weighted by Gasteiger charge is 2.27.